The molecule has 0 aliphatic carbocycles. The molecule has 1 aromatic carbocycles. The molecular weight excluding hydrogens is 179 g/mol. The van der Waals surface area contributed by atoms with Crippen molar-refractivity contribution >= 4 is 0 Å². The number of rotatable bonds is 3. The molecule has 2 nitrogen and oxygen atoms in total. The number of hydrogen-bond donors (Lipinski definition) is 1. The maximum Gasteiger partial charge on any atom is 0.0994 e. The molecule has 72 valence electrons. The van der Waals surface area contributed by atoms with Crippen molar-refractivity contribution in [2.75, 3.05) is 6.54 Å². The predicted molar refractivity (Wildman–Crippen MR) is 53.1 cm³/mol. The zero-order chi connectivity index (χ0) is 10.4. The molecule has 0 unspecified atom stereocenters. The summed E-state index contributed by atoms with van der Waals surface area (Å²) < 4.78 is 12.3. The van der Waals surface area contributed by atoms with Crippen LogP contribution in [0.4, 0.5) is 4.39 Å². The molecule has 1 rings (SSSR count). The second kappa shape index (κ2) is 5.15. The number of nitriles is 1. The van der Waals surface area contributed by atoms with Gasteiger partial charge in [-0.25, -0.2) is 4.39 Å². The smallest absolute Gasteiger partial charge is 0.0994 e. The fraction of sp³-hybridized carbons (Fsp3) is 0.182. The summed E-state index contributed by atoms with van der Waals surface area (Å²) in [5.41, 5.74) is 7.20. The van der Waals surface area contributed by atoms with Crippen LogP contribution in [0.5, 0.6) is 0 Å². The van der Waals surface area contributed by atoms with Gasteiger partial charge in [0.1, 0.15) is 0 Å². The van der Waals surface area contributed by atoms with E-state index in [0.29, 0.717) is 23.9 Å². The Morgan fingerprint density at radius 1 is 1.50 bits per heavy atom. The number of halogens is 1. The monoisotopic (exact) mass is 190 g/mol. The van der Waals surface area contributed by atoms with E-state index in [-0.39, 0.29) is 6.54 Å². The van der Waals surface area contributed by atoms with E-state index in [0.717, 1.165) is 5.56 Å². The maximum absolute atomic E-state index is 12.3. The lowest BCUT2D eigenvalue weighted by Crippen LogP contribution is -2.06. The van der Waals surface area contributed by atoms with E-state index in [1.54, 1.807) is 18.2 Å². The third kappa shape index (κ3) is 2.41. The molecule has 0 aliphatic rings. The summed E-state index contributed by atoms with van der Waals surface area (Å²) in [6, 6.07) is 9.17. The van der Waals surface area contributed by atoms with Crippen molar-refractivity contribution in [1.29, 1.82) is 5.26 Å². The summed E-state index contributed by atoms with van der Waals surface area (Å²) >= 11 is 0. The molecule has 0 aromatic heterocycles. The molecule has 0 saturated carbocycles. The van der Waals surface area contributed by atoms with E-state index in [4.69, 9.17) is 11.0 Å². The van der Waals surface area contributed by atoms with Gasteiger partial charge in [-0.05, 0) is 23.6 Å². The lowest BCUT2D eigenvalue weighted by atomic mass is 10.0. The molecule has 1 aromatic rings. The Balaban J connectivity index is 2.92. The second-order valence-corrected chi connectivity index (χ2v) is 2.92. The molecule has 0 bridgehead atoms. The van der Waals surface area contributed by atoms with Crippen molar-refractivity contribution in [3.05, 3.63) is 47.3 Å². The van der Waals surface area contributed by atoms with Crippen LogP contribution in [-0.2, 0) is 6.42 Å². The number of hydrogen-bond acceptors (Lipinski definition) is 2. The van der Waals surface area contributed by atoms with Gasteiger partial charge in [-0.2, -0.15) is 5.26 Å². The Morgan fingerprint density at radius 3 is 2.79 bits per heavy atom. The zero-order valence-corrected chi connectivity index (χ0v) is 7.70. The van der Waals surface area contributed by atoms with Crippen molar-refractivity contribution in [1.82, 2.24) is 0 Å². The first-order valence-corrected chi connectivity index (χ1v) is 4.28. The second-order valence-electron chi connectivity index (χ2n) is 2.92. The van der Waals surface area contributed by atoms with Crippen molar-refractivity contribution in [3.8, 4) is 6.07 Å². The molecule has 0 amide bonds. The molecule has 0 spiro atoms. The van der Waals surface area contributed by atoms with E-state index >= 15 is 0 Å². The summed E-state index contributed by atoms with van der Waals surface area (Å²) in [4.78, 5) is 0. The average Bonchev–Trinajstić information content (AvgIpc) is 2.26. The summed E-state index contributed by atoms with van der Waals surface area (Å²) in [5.74, 6) is 0. The Labute approximate surface area is 82.5 Å². The van der Waals surface area contributed by atoms with E-state index < -0.39 is 0 Å². The van der Waals surface area contributed by atoms with Gasteiger partial charge in [-0.1, -0.05) is 18.2 Å². The van der Waals surface area contributed by atoms with Crippen LogP contribution in [0.2, 0.25) is 0 Å². The highest BCUT2D eigenvalue weighted by molar-refractivity contribution is 5.39. The van der Waals surface area contributed by atoms with Crippen LogP contribution in [-0.4, -0.2) is 6.54 Å². The Kier molecular flexibility index (Phi) is 3.84. The first-order valence-electron chi connectivity index (χ1n) is 4.28. The molecule has 0 radical (unpaired) electrons. The standard InChI is InChI=1S/C11H11FN2/c12-6-9(7-13)5-10-3-1-2-4-11(10)8-14/h1-4,6H,5,7,13H2. The van der Waals surface area contributed by atoms with Gasteiger partial charge in [-0.15, -0.1) is 0 Å². The lowest BCUT2D eigenvalue weighted by molar-refractivity contribution is 0.699. The van der Waals surface area contributed by atoms with Crippen LogP contribution in [0.15, 0.2) is 36.2 Å². The van der Waals surface area contributed by atoms with Crippen molar-refractivity contribution in [3.63, 3.8) is 0 Å². The summed E-state index contributed by atoms with van der Waals surface area (Å²) in [7, 11) is 0. The van der Waals surface area contributed by atoms with Crippen LogP contribution in [0.25, 0.3) is 0 Å². The van der Waals surface area contributed by atoms with Gasteiger partial charge in [0.05, 0.1) is 18.0 Å². The average molecular weight is 190 g/mol. The van der Waals surface area contributed by atoms with E-state index in [1.165, 1.54) is 0 Å². The minimum Gasteiger partial charge on any atom is -0.327 e. The summed E-state index contributed by atoms with van der Waals surface area (Å²) in [5, 5.41) is 8.78. The van der Waals surface area contributed by atoms with Crippen molar-refractivity contribution < 1.29 is 4.39 Å². The van der Waals surface area contributed by atoms with Gasteiger partial charge in [0.15, 0.2) is 0 Å². The minimum atomic E-state index is 0.177. The van der Waals surface area contributed by atoms with Crippen LogP contribution in [0, 0.1) is 11.3 Å². The molecule has 0 atom stereocenters. The first kappa shape index (κ1) is 10.4. The van der Waals surface area contributed by atoms with Crippen LogP contribution >= 0.6 is 0 Å². The molecule has 0 aliphatic heterocycles. The fourth-order valence-electron chi connectivity index (χ4n) is 1.18. The van der Waals surface area contributed by atoms with Crippen LogP contribution in [0.3, 0.4) is 0 Å². The van der Waals surface area contributed by atoms with E-state index in [9.17, 15) is 4.39 Å². The highest BCUT2D eigenvalue weighted by Gasteiger charge is 2.03. The van der Waals surface area contributed by atoms with Gasteiger partial charge in [0.2, 0.25) is 0 Å². The normalized spacial score (nSPS) is 11.1. The predicted octanol–water partition coefficient (Wildman–Crippen LogP) is 1.91. The molecule has 0 saturated heterocycles. The van der Waals surface area contributed by atoms with Crippen LogP contribution < -0.4 is 5.73 Å². The third-order valence-corrected chi connectivity index (χ3v) is 1.97. The molecule has 14 heavy (non-hydrogen) atoms. The van der Waals surface area contributed by atoms with Gasteiger partial charge < -0.3 is 5.73 Å². The van der Waals surface area contributed by atoms with Gasteiger partial charge in [0.25, 0.3) is 0 Å². The minimum absolute atomic E-state index is 0.177. The SMILES string of the molecule is N#Cc1ccccc1CC(=CF)CN. The largest absolute Gasteiger partial charge is 0.327 e. The number of nitrogens with zero attached hydrogens (tertiary/aromatic N) is 1. The van der Waals surface area contributed by atoms with E-state index in [2.05, 4.69) is 6.07 Å². The lowest BCUT2D eigenvalue weighted by Gasteiger charge is -2.04. The maximum atomic E-state index is 12.3. The Morgan fingerprint density at radius 2 is 2.21 bits per heavy atom. The summed E-state index contributed by atoms with van der Waals surface area (Å²) in [6.45, 7) is 0.177. The summed E-state index contributed by atoms with van der Waals surface area (Å²) in [6.07, 6.45) is 0.908. The number of benzene rings is 1. The highest BCUT2D eigenvalue weighted by Crippen LogP contribution is 2.12. The van der Waals surface area contributed by atoms with Crippen LogP contribution in [0.1, 0.15) is 11.1 Å². The molecule has 3 heteroatoms. The highest BCUT2D eigenvalue weighted by atomic mass is 19.1. The third-order valence-electron chi connectivity index (χ3n) is 1.97. The van der Waals surface area contributed by atoms with Crippen molar-refractivity contribution in [2.45, 2.75) is 6.42 Å². The van der Waals surface area contributed by atoms with E-state index in [1.807, 2.05) is 6.07 Å². The Bertz CT molecular complexity index is 377. The zero-order valence-electron chi connectivity index (χ0n) is 7.70. The van der Waals surface area contributed by atoms with Gasteiger partial charge >= 0.3 is 0 Å². The molecule has 2 N–H and O–H groups in total. The van der Waals surface area contributed by atoms with Gasteiger partial charge in [0, 0.05) is 6.54 Å². The molecular formula is C11H11FN2. The van der Waals surface area contributed by atoms with Crippen molar-refractivity contribution in [2.24, 2.45) is 5.73 Å². The number of nitrogens with two attached hydrogens (primary N) is 1. The first-order chi connectivity index (χ1) is 6.81. The topological polar surface area (TPSA) is 49.8 Å². The Hall–Kier alpha value is -1.66. The quantitative estimate of drug-likeness (QED) is 0.791. The molecule has 0 fully saturated rings. The molecule has 0 heterocycles. The van der Waals surface area contributed by atoms with Gasteiger partial charge in [-0.3, -0.25) is 0 Å². The fourth-order valence-corrected chi connectivity index (χ4v) is 1.18.